The molecule has 5 nitrogen and oxygen atoms in total. The first kappa shape index (κ1) is 12.4. The first-order valence-electron chi connectivity index (χ1n) is 7.05. The van der Waals surface area contributed by atoms with E-state index in [0.29, 0.717) is 0 Å². The lowest BCUT2D eigenvalue weighted by molar-refractivity contribution is 0.283. The Kier molecular flexibility index (Phi) is 3.14. The quantitative estimate of drug-likeness (QED) is 0.835. The van der Waals surface area contributed by atoms with Gasteiger partial charge >= 0.3 is 0 Å². The molecule has 2 heterocycles. The monoisotopic (exact) mass is 259 g/mol. The minimum absolute atomic E-state index is 0.213. The maximum Gasteiger partial charge on any atom is 0.142 e. The number of likely N-dealkylation sites (N-methyl/N-ethyl adjacent to an activating group) is 1. The molecule has 1 aliphatic carbocycles. The fraction of sp³-hybridized carbons (Fsp3) is 0.571. The van der Waals surface area contributed by atoms with E-state index in [1.165, 1.54) is 12.8 Å². The van der Waals surface area contributed by atoms with Gasteiger partial charge in [0.05, 0.1) is 10.9 Å². The Labute approximate surface area is 113 Å². The van der Waals surface area contributed by atoms with Crippen LogP contribution in [0.2, 0.25) is 0 Å². The Morgan fingerprint density at radius 3 is 2.79 bits per heavy atom. The molecule has 0 unspecified atom stereocenters. The summed E-state index contributed by atoms with van der Waals surface area (Å²) in [6.07, 6.45) is 5.97. The van der Waals surface area contributed by atoms with Crippen molar-refractivity contribution in [2.45, 2.75) is 32.2 Å². The van der Waals surface area contributed by atoms with Crippen LogP contribution in [0.3, 0.4) is 0 Å². The van der Waals surface area contributed by atoms with E-state index in [2.05, 4.69) is 39.0 Å². The van der Waals surface area contributed by atoms with Crippen LogP contribution < -0.4 is 5.32 Å². The topological polar surface area (TPSA) is 56.8 Å². The molecule has 5 heteroatoms. The summed E-state index contributed by atoms with van der Waals surface area (Å²) in [5, 5.41) is 4.72. The highest BCUT2D eigenvalue weighted by Gasteiger charge is 2.44. The van der Waals surface area contributed by atoms with E-state index in [0.717, 1.165) is 36.5 Å². The van der Waals surface area contributed by atoms with E-state index in [1.807, 2.05) is 12.3 Å². The third kappa shape index (κ3) is 2.42. The molecule has 1 saturated carbocycles. The molecule has 19 heavy (non-hydrogen) atoms. The van der Waals surface area contributed by atoms with Crippen LogP contribution in [0.4, 0.5) is 5.82 Å². The minimum atomic E-state index is 0.213. The lowest BCUT2D eigenvalue weighted by atomic mass is 10.2. The minimum Gasteiger partial charge on any atom is -0.363 e. The average Bonchev–Trinajstić information content (AvgIpc) is 3.00. The zero-order valence-electron chi connectivity index (χ0n) is 11.6. The van der Waals surface area contributed by atoms with Gasteiger partial charge in [0.15, 0.2) is 0 Å². The van der Waals surface area contributed by atoms with Gasteiger partial charge in [-0.05, 0) is 32.0 Å². The van der Waals surface area contributed by atoms with Gasteiger partial charge in [0.25, 0.3) is 0 Å². The van der Waals surface area contributed by atoms with Crippen molar-refractivity contribution >= 4 is 16.9 Å². The van der Waals surface area contributed by atoms with Crippen molar-refractivity contribution < 1.29 is 0 Å². The molecule has 3 rings (SSSR count). The summed E-state index contributed by atoms with van der Waals surface area (Å²) in [5.41, 5.74) is 1.11. The molecule has 2 N–H and O–H groups in total. The molecule has 0 aromatic carbocycles. The number of fused-ring (bicyclic) bond motifs is 1. The second-order valence-electron chi connectivity index (χ2n) is 5.33. The maximum absolute atomic E-state index is 4.40. The van der Waals surface area contributed by atoms with Gasteiger partial charge in [-0.3, -0.25) is 0 Å². The molecule has 0 radical (unpaired) electrons. The molecule has 0 aliphatic heterocycles. The largest absolute Gasteiger partial charge is 0.363 e. The lowest BCUT2D eigenvalue weighted by Gasteiger charge is -2.26. The Balaban J connectivity index is 1.79. The number of H-pyrrole nitrogens is 1. The summed E-state index contributed by atoms with van der Waals surface area (Å²) in [6.45, 7) is 7.73. The Morgan fingerprint density at radius 1 is 1.32 bits per heavy atom. The first-order chi connectivity index (χ1) is 9.26. The van der Waals surface area contributed by atoms with Crippen LogP contribution in [0.15, 0.2) is 18.6 Å². The number of hydrogen-bond donors (Lipinski definition) is 2. The van der Waals surface area contributed by atoms with Gasteiger partial charge in [-0.15, -0.1) is 0 Å². The predicted octanol–water partition coefficient (Wildman–Crippen LogP) is 2.24. The summed E-state index contributed by atoms with van der Waals surface area (Å²) in [6, 6.07) is 2.03. The van der Waals surface area contributed by atoms with Crippen molar-refractivity contribution in [3.05, 3.63) is 18.6 Å². The fourth-order valence-corrected chi connectivity index (χ4v) is 2.57. The lowest BCUT2D eigenvalue weighted by Crippen LogP contribution is -2.38. The maximum atomic E-state index is 4.40. The normalized spacial score (nSPS) is 17.0. The number of rotatable bonds is 6. The van der Waals surface area contributed by atoms with Gasteiger partial charge in [-0.25, -0.2) is 9.97 Å². The second-order valence-corrected chi connectivity index (χ2v) is 5.33. The SMILES string of the molecule is CCN(CC)CC1(Nc2ncnc3[nH]ccc23)CC1. The molecule has 0 amide bonds. The van der Waals surface area contributed by atoms with Gasteiger partial charge in [-0.2, -0.15) is 0 Å². The van der Waals surface area contributed by atoms with Gasteiger partial charge in [-0.1, -0.05) is 13.8 Å². The van der Waals surface area contributed by atoms with Crippen LogP contribution in [0.1, 0.15) is 26.7 Å². The summed E-state index contributed by atoms with van der Waals surface area (Å²) < 4.78 is 0. The molecule has 1 aliphatic rings. The molecule has 0 saturated heterocycles. The smallest absolute Gasteiger partial charge is 0.142 e. The summed E-state index contributed by atoms with van der Waals surface area (Å²) in [7, 11) is 0. The van der Waals surface area contributed by atoms with Gasteiger partial charge in [0, 0.05) is 12.7 Å². The third-order valence-corrected chi connectivity index (χ3v) is 4.01. The highest BCUT2D eigenvalue weighted by atomic mass is 15.2. The molecule has 1 fully saturated rings. The van der Waals surface area contributed by atoms with Gasteiger partial charge in [0.1, 0.15) is 17.8 Å². The van der Waals surface area contributed by atoms with E-state index >= 15 is 0 Å². The van der Waals surface area contributed by atoms with Crippen LogP contribution in [0.5, 0.6) is 0 Å². The molecule has 2 aromatic heterocycles. The Bertz CT molecular complexity index is 554. The van der Waals surface area contributed by atoms with Crippen molar-refractivity contribution in [3.8, 4) is 0 Å². The van der Waals surface area contributed by atoms with Crippen molar-refractivity contribution in [2.24, 2.45) is 0 Å². The van der Waals surface area contributed by atoms with Crippen molar-refractivity contribution in [1.29, 1.82) is 0 Å². The Morgan fingerprint density at radius 2 is 2.11 bits per heavy atom. The average molecular weight is 259 g/mol. The molecular weight excluding hydrogens is 238 g/mol. The van der Waals surface area contributed by atoms with E-state index in [1.54, 1.807) is 6.33 Å². The molecule has 2 aromatic rings. The van der Waals surface area contributed by atoms with Gasteiger partial charge < -0.3 is 15.2 Å². The van der Waals surface area contributed by atoms with Crippen molar-refractivity contribution in [3.63, 3.8) is 0 Å². The molecule has 102 valence electrons. The fourth-order valence-electron chi connectivity index (χ4n) is 2.57. The Hall–Kier alpha value is -1.62. The van der Waals surface area contributed by atoms with Crippen LogP contribution >= 0.6 is 0 Å². The summed E-state index contributed by atoms with van der Waals surface area (Å²) in [5.74, 6) is 0.955. The zero-order chi connectivity index (χ0) is 13.3. The van der Waals surface area contributed by atoms with Crippen LogP contribution in [-0.4, -0.2) is 45.0 Å². The molecule has 0 spiro atoms. The molecule has 0 bridgehead atoms. The van der Waals surface area contributed by atoms with E-state index < -0.39 is 0 Å². The zero-order valence-corrected chi connectivity index (χ0v) is 11.6. The van der Waals surface area contributed by atoms with Gasteiger partial charge in [0.2, 0.25) is 0 Å². The standard InChI is InChI=1S/C14H21N5/c1-3-19(4-2)9-14(6-7-14)18-13-11-5-8-15-12(11)16-10-17-13/h5,8,10H,3-4,6-7,9H2,1-2H3,(H2,15,16,17,18). The number of aromatic nitrogens is 3. The number of aromatic amines is 1. The summed E-state index contributed by atoms with van der Waals surface area (Å²) >= 11 is 0. The van der Waals surface area contributed by atoms with E-state index in [9.17, 15) is 0 Å². The second kappa shape index (κ2) is 4.81. The number of nitrogens with zero attached hydrogens (tertiary/aromatic N) is 3. The van der Waals surface area contributed by atoms with Crippen molar-refractivity contribution in [1.82, 2.24) is 19.9 Å². The van der Waals surface area contributed by atoms with E-state index in [-0.39, 0.29) is 5.54 Å². The summed E-state index contributed by atoms with van der Waals surface area (Å²) in [4.78, 5) is 14.2. The highest BCUT2D eigenvalue weighted by molar-refractivity contribution is 5.87. The van der Waals surface area contributed by atoms with E-state index in [4.69, 9.17) is 0 Å². The van der Waals surface area contributed by atoms with Crippen molar-refractivity contribution in [2.75, 3.05) is 25.0 Å². The molecule has 0 atom stereocenters. The first-order valence-corrected chi connectivity index (χ1v) is 7.05. The molecular formula is C14H21N5. The van der Waals surface area contributed by atoms with Crippen LogP contribution in [-0.2, 0) is 0 Å². The van der Waals surface area contributed by atoms with Crippen LogP contribution in [0.25, 0.3) is 11.0 Å². The predicted molar refractivity (Wildman–Crippen MR) is 77.3 cm³/mol. The number of nitrogens with one attached hydrogen (secondary N) is 2. The van der Waals surface area contributed by atoms with Crippen LogP contribution in [0, 0.1) is 0 Å². The number of hydrogen-bond acceptors (Lipinski definition) is 4. The number of anilines is 1. The third-order valence-electron chi connectivity index (χ3n) is 4.01. The highest BCUT2D eigenvalue weighted by Crippen LogP contribution is 2.40.